The Kier molecular flexibility index (Phi) is 10.1. The summed E-state index contributed by atoms with van der Waals surface area (Å²) in [5.41, 5.74) is 4.02. The maximum Gasteiger partial charge on any atom is 0.335 e. The van der Waals surface area contributed by atoms with E-state index in [0.717, 1.165) is 22.3 Å². The van der Waals surface area contributed by atoms with Crippen molar-refractivity contribution in [2.45, 2.75) is 26.5 Å². The number of aliphatic imine (C=N–C) groups is 1. The van der Waals surface area contributed by atoms with Crippen LogP contribution in [0.3, 0.4) is 0 Å². The highest BCUT2D eigenvalue weighted by Gasteiger charge is 2.33. The number of nitrogens with zero attached hydrogens (tertiary/aromatic N) is 2. The van der Waals surface area contributed by atoms with Gasteiger partial charge in [0.15, 0.2) is 16.7 Å². The fourth-order valence-corrected chi connectivity index (χ4v) is 5.67. The quantitative estimate of drug-likeness (QED) is 0.127. The van der Waals surface area contributed by atoms with E-state index >= 15 is 0 Å². The first-order valence-corrected chi connectivity index (χ1v) is 15.1. The molecular weight excluding hydrogens is 591 g/mol. The maximum atomic E-state index is 13.8. The number of carboxylic acids is 1. The second-order valence-electron chi connectivity index (χ2n) is 10.1. The summed E-state index contributed by atoms with van der Waals surface area (Å²) in [6.45, 7) is 6.62. The molecule has 228 valence electrons. The molecule has 0 spiro atoms. The number of rotatable bonds is 12. The Balaban J connectivity index is 1.48. The molecular formula is C36H31FN2O5S. The number of hydrogen-bond acceptors (Lipinski definition) is 6. The number of allylic oxidation sites excluding steroid dienone is 1. The van der Waals surface area contributed by atoms with Gasteiger partial charge in [0.05, 0.1) is 29.3 Å². The van der Waals surface area contributed by atoms with Gasteiger partial charge < -0.3 is 14.6 Å². The van der Waals surface area contributed by atoms with Crippen molar-refractivity contribution in [3.63, 3.8) is 0 Å². The molecule has 1 amide bonds. The summed E-state index contributed by atoms with van der Waals surface area (Å²) in [4.78, 5) is 32.0. The third kappa shape index (κ3) is 7.87. The highest BCUT2D eigenvalue weighted by atomic mass is 32.2. The summed E-state index contributed by atoms with van der Waals surface area (Å²) < 4.78 is 25.5. The van der Waals surface area contributed by atoms with Gasteiger partial charge in [0.2, 0.25) is 0 Å². The van der Waals surface area contributed by atoms with Gasteiger partial charge in [0.25, 0.3) is 5.91 Å². The van der Waals surface area contributed by atoms with Crippen LogP contribution >= 0.6 is 11.8 Å². The van der Waals surface area contributed by atoms with Gasteiger partial charge in [-0.25, -0.2) is 14.2 Å². The van der Waals surface area contributed by atoms with E-state index in [2.05, 4.69) is 6.58 Å². The zero-order valence-corrected chi connectivity index (χ0v) is 25.4. The number of ether oxygens (including phenoxy) is 2. The number of aromatic carboxylic acids is 1. The van der Waals surface area contributed by atoms with E-state index in [1.54, 1.807) is 41.3 Å². The molecule has 5 rings (SSSR count). The molecule has 0 aliphatic carbocycles. The smallest absolute Gasteiger partial charge is 0.335 e. The first kappa shape index (κ1) is 31.3. The standard InChI is InChI=1S/C36H31FN2O5S/c1-3-8-28-19-26(20-31(43-4-2)33(28)44-23-25-13-17-29(37)18-14-25)21-32-34(40)39(22-24-11-15-27(16-12-24)35(41)42)36(45-32)38-30-9-6-5-7-10-30/h3,5-7,9-21H,1,4,8,22-23H2,2H3,(H,41,42)/b32-21-,38-36?. The first-order valence-electron chi connectivity index (χ1n) is 14.3. The molecule has 0 unspecified atom stereocenters. The molecule has 1 aliphatic rings. The maximum absolute atomic E-state index is 13.8. The molecule has 7 nitrogen and oxygen atoms in total. The van der Waals surface area contributed by atoms with Crippen LogP contribution in [0.1, 0.15) is 39.5 Å². The summed E-state index contributed by atoms with van der Waals surface area (Å²) in [6.07, 6.45) is 4.07. The lowest BCUT2D eigenvalue weighted by Gasteiger charge is -2.17. The predicted octanol–water partition coefficient (Wildman–Crippen LogP) is 8.03. The summed E-state index contributed by atoms with van der Waals surface area (Å²) in [7, 11) is 0. The van der Waals surface area contributed by atoms with Crippen LogP contribution in [0.25, 0.3) is 6.08 Å². The summed E-state index contributed by atoms with van der Waals surface area (Å²) in [5, 5.41) is 9.78. The Morgan fingerprint density at radius 3 is 2.38 bits per heavy atom. The van der Waals surface area contributed by atoms with E-state index < -0.39 is 5.97 Å². The fourth-order valence-electron chi connectivity index (χ4n) is 4.67. The van der Waals surface area contributed by atoms with Crippen molar-refractivity contribution in [2.75, 3.05) is 6.61 Å². The second kappa shape index (κ2) is 14.5. The zero-order valence-electron chi connectivity index (χ0n) is 24.6. The Labute approximate surface area is 265 Å². The molecule has 0 aromatic heterocycles. The number of carbonyl (C=O) groups is 2. The van der Waals surface area contributed by atoms with Crippen LogP contribution in [0.15, 0.2) is 114 Å². The minimum atomic E-state index is -1.01. The summed E-state index contributed by atoms with van der Waals surface area (Å²) in [5.74, 6) is -0.470. The number of benzene rings is 4. The minimum absolute atomic E-state index is 0.171. The highest BCUT2D eigenvalue weighted by molar-refractivity contribution is 8.18. The van der Waals surface area contributed by atoms with Crippen LogP contribution in [0, 0.1) is 5.82 Å². The Bertz CT molecular complexity index is 1750. The Morgan fingerprint density at radius 2 is 1.71 bits per heavy atom. The predicted molar refractivity (Wildman–Crippen MR) is 175 cm³/mol. The Hall–Kier alpha value is -5.15. The van der Waals surface area contributed by atoms with Crippen LogP contribution < -0.4 is 9.47 Å². The monoisotopic (exact) mass is 622 g/mol. The molecule has 0 atom stereocenters. The van der Waals surface area contributed by atoms with Crippen molar-refractivity contribution in [3.05, 3.63) is 142 Å². The van der Waals surface area contributed by atoms with E-state index in [-0.39, 0.29) is 30.4 Å². The molecule has 1 heterocycles. The lowest BCUT2D eigenvalue weighted by Crippen LogP contribution is -2.28. The Morgan fingerprint density at radius 1 is 1.00 bits per heavy atom. The number of hydrogen-bond donors (Lipinski definition) is 1. The van der Waals surface area contributed by atoms with E-state index in [0.29, 0.717) is 40.3 Å². The van der Waals surface area contributed by atoms with Crippen molar-refractivity contribution in [2.24, 2.45) is 4.99 Å². The van der Waals surface area contributed by atoms with Gasteiger partial charge in [-0.1, -0.05) is 48.5 Å². The normalized spacial score (nSPS) is 14.6. The number of amidine groups is 1. The van der Waals surface area contributed by atoms with Crippen LogP contribution in [-0.2, 0) is 24.4 Å². The molecule has 1 fully saturated rings. The third-order valence-corrected chi connectivity index (χ3v) is 7.83. The van der Waals surface area contributed by atoms with E-state index in [1.807, 2.05) is 49.4 Å². The van der Waals surface area contributed by atoms with E-state index in [1.165, 1.54) is 36.0 Å². The molecule has 1 N–H and O–H groups in total. The van der Waals surface area contributed by atoms with Gasteiger partial charge in [0, 0.05) is 5.56 Å². The van der Waals surface area contributed by atoms with Crippen molar-refractivity contribution in [1.29, 1.82) is 0 Å². The molecule has 1 saturated heterocycles. The number of carbonyl (C=O) groups excluding carboxylic acids is 1. The van der Waals surface area contributed by atoms with E-state index in [4.69, 9.17) is 14.5 Å². The molecule has 9 heteroatoms. The lowest BCUT2D eigenvalue weighted by atomic mass is 10.0. The van der Waals surface area contributed by atoms with Crippen molar-refractivity contribution >= 4 is 40.6 Å². The van der Waals surface area contributed by atoms with Gasteiger partial charge in [-0.2, -0.15) is 0 Å². The average molecular weight is 623 g/mol. The molecule has 0 saturated carbocycles. The highest BCUT2D eigenvalue weighted by Crippen LogP contribution is 2.39. The van der Waals surface area contributed by atoms with Crippen LogP contribution in [0.4, 0.5) is 10.1 Å². The van der Waals surface area contributed by atoms with Crippen LogP contribution in [0.5, 0.6) is 11.5 Å². The first-order chi connectivity index (χ1) is 21.8. The molecule has 0 bridgehead atoms. The minimum Gasteiger partial charge on any atom is -0.490 e. The van der Waals surface area contributed by atoms with Gasteiger partial charge in [-0.05, 0) is 96.4 Å². The molecule has 0 radical (unpaired) electrons. The summed E-state index contributed by atoms with van der Waals surface area (Å²) in [6, 6.07) is 25.7. The van der Waals surface area contributed by atoms with Crippen LogP contribution in [-0.4, -0.2) is 33.7 Å². The average Bonchev–Trinajstić information content (AvgIpc) is 3.31. The van der Waals surface area contributed by atoms with Gasteiger partial charge in [-0.3, -0.25) is 9.69 Å². The topological polar surface area (TPSA) is 88.4 Å². The van der Waals surface area contributed by atoms with Crippen LogP contribution in [0.2, 0.25) is 0 Å². The zero-order chi connectivity index (χ0) is 31.8. The second-order valence-corrected chi connectivity index (χ2v) is 11.1. The van der Waals surface area contributed by atoms with E-state index in [9.17, 15) is 19.1 Å². The SMILES string of the molecule is C=CCc1cc(/C=C2\SC(=Nc3ccccc3)N(Cc3ccc(C(=O)O)cc3)C2=O)cc(OCC)c1OCc1ccc(F)cc1. The van der Waals surface area contributed by atoms with Crippen molar-refractivity contribution in [3.8, 4) is 11.5 Å². The van der Waals surface area contributed by atoms with Gasteiger partial charge >= 0.3 is 5.97 Å². The van der Waals surface area contributed by atoms with Gasteiger partial charge in [-0.15, -0.1) is 6.58 Å². The number of amides is 1. The van der Waals surface area contributed by atoms with Crippen molar-refractivity contribution < 1.29 is 28.6 Å². The van der Waals surface area contributed by atoms with Gasteiger partial charge in [0.1, 0.15) is 12.4 Å². The van der Waals surface area contributed by atoms with Crippen molar-refractivity contribution in [1.82, 2.24) is 4.90 Å². The number of thioether (sulfide) groups is 1. The molecule has 4 aromatic rings. The molecule has 45 heavy (non-hydrogen) atoms. The molecule has 4 aromatic carbocycles. The summed E-state index contributed by atoms with van der Waals surface area (Å²) >= 11 is 1.27. The number of carboxylic acid groups (broad SMARTS) is 1. The fraction of sp³-hybridized carbons (Fsp3) is 0.139. The third-order valence-electron chi connectivity index (χ3n) is 6.82. The largest absolute Gasteiger partial charge is 0.490 e. The number of halogens is 1. The lowest BCUT2D eigenvalue weighted by molar-refractivity contribution is -0.122. The number of para-hydroxylation sites is 1. The molecule has 1 aliphatic heterocycles.